The van der Waals surface area contributed by atoms with Gasteiger partial charge in [-0.25, -0.2) is 0 Å². The maximum absolute atomic E-state index is 8.60. The Labute approximate surface area is 76.7 Å². The monoisotopic (exact) mass is 171 g/mol. The number of hydrogen-bond acceptors (Lipinski definition) is 3. The highest BCUT2D eigenvalue weighted by molar-refractivity contribution is 5.62. The van der Waals surface area contributed by atoms with Crippen LogP contribution in [0.2, 0.25) is 0 Å². The predicted molar refractivity (Wildman–Crippen MR) is 50.4 cm³/mol. The Balaban J connectivity index is 2.23. The quantitative estimate of drug-likeness (QED) is 0.690. The summed E-state index contributed by atoms with van der Waals surface area (Å²) in [6.45, 7) is 0.824. The van der Waals surface area contributed by atoms with E-state index >= 15 is 0 Å². The van der Waals surface area contributed by atoms with E-state index in [1.807, 2.05) is 30.5 Å². The van der Waals surface area contributed by atoms with Crippen molar-refractivity contribution in [3.05, 3.63) is 35.4 Å². The van der Waals surface area contributed by atoms with E-state index in [-0.39, 0.29) is 6.17 Å². The summed E-state index contributed by atoms with van der Waals surface area (Å²) in [6, 6.07) is 9.57. The van der Waals surface area contributed by atoms with Gasteiger partial charge in [-0.05, 0) is 17.7 Å². The normalized spacial score (nSPS) is 20.1. The molecule has 1 aliphatic heterocycles. The molecule has 0 saturated heterocycles. The van der Waals surface area contributed by atoms with Gasteiger partial charge in [0.1, 0.15) is 6.17 Å². The van der Waals surface area contributed by atoms with Gasteiger partial charge in [0.15, 0.2) is 0 Å². The zero-order valence-corrected chi connectivity index (χ0v) is 7.07. The van der Waals surface area contributed by atoms with Crippen molar-refractivity contribution in [3.63, 3.8) is 0 Å². The molecule has 1 aromatic rings. The molecule has 0 amide bonds. The van der Waals surface area contributed by atoms with Gasteiger partial charge in [-0.15, -0.1) is 0 Å². The van der Waals surface area contributed by atoms with E-state index in [1.165, 1.54) is 0 Å². The lowest BCUT2D eigenvalue weighted by atomic mass is 10.1. The molecule has 1 aromatic carbocycles. The number of aliphatic imine (C=N–C) groups is 1. The van der Waals surface area contributed by atoms with Crippen molar-refractivity contribution in [3.8, 4) is 6.07 Å². The second-order valence-corrected chi connectivity index (χ2v) is 2.88. The Morgan fingerprint density at radius 1 is 1.38 bits per heavy atom. The fraction of sp³-hybridized carbons (Fsp3) is 0.200. The van der Waals surface area contributed by atoms with E-state index in [0.29, 0.717) is 5.56 Å². The van der Waals surface area contributed by atoms with Crippen LogP contribution >= 0.6 is 0 Å². The standard InChI is InChI=1S/C10H9N3/c11-7-8-1-3-9(4-2-8)10-12-5-6-13-10/h1-5,10,13H,6H2. The van der Waals surface area contributed by atoms with Crippen molar-refractivity contribution in [2.24, 2.45) is 4.99 Å². The third kappa shape index (κ3) is 1.58. The molecule has 0 aromatic heterocycles. The summed E-state index contributed by atoms with van der Waals surface area (Å²) < 4.78 is 0. The molecular weight excluding hydrogens is 162 g/mol. The van der Waals surface area contributed by atoms with E-state index in [4.69, 9.17) is 5.26 Å². The lowest BCUT2D eigenvalue weighted by molar-refractivity contribution is 0.643. The molecule has 0 spiro atoms. The van der Waals surface area contributed by atoms with Crippen LogP contribution in [0.25, 0.3) is 0 Å². The summed E-state index contributed by atoms with van der Waals surface area (Å²) in [5, 5.41) is 11.8. The highest BCUT2D eigenvalue weighted by Gasteiger charge is 2.10. The average Bonchev–Trinajstić information content (AvgIpc) is 2.71. The molecule has 1 unspecified atom stereocenters. The highest BCUT2D eigenvalue weighted by atomic mass is 15.1. The second-order valence-electron chi connectivity index (χ2n) is 2.88. The van der Waals surface area contributed by atoms with Gasteiger partial charge in [0.25, 0.3) is 0 Å². The van der Waals surface area contributed by atoms with Crippen LogP contribution in [0.3, 0.4) is 0 Å². The summed E-state index contributed by atoms with van der Waals surface area (Å²) in [6.07, 6.45) is 1.94. The molecule has 2 rings (SSSR count). The van der Waals surface area contributed by atoms with E-state index in [2.05, 4.69) is 16.4 Å². The van der Waals surface area contributed by atoms with Crippen LogP contribution in [0.5, 0.6) is 0 Å². The van der Waals surface area contributed by atoms with Gasteiger partial charge in [-0.2, -0.15) is 5.26 Å². The molecule has 1 heterocycles. The van der Waals surface area contributed by atoms with Gasteiger partial charge in [-0.1, -0.05) is 12.1 Å². The van der Waals surface area contributed by atoms with Crippen LogP contribution < -0.4 is 5.32 Å². The Morgan fingerprint density at radius 3 is 2.69 bits per heavy atom. The molecular formula is C10H9N3. The van der Waals surface area contributed by atoms with E-state index in [9.17, 15) is 0 Å². The Kier molecular flexibility index (Phi) is 2.07. The molecule has 0 bridgehead atoms. The minimum absolute atomic E-state index is 0.0766. The summed E-state index contributed by atoms with van der Waals surface area (Å²) in [7, 11) is 0. The number of nitriles is 1. The van der Waals surface area contributed by atoms with Crippen molar-refractivity contribution in [1.29, 1.82) is 5.26 Å². The topological polar surface area (TPSA) is 48.2 Å². The number of hydrogen-bond donors (Lipinski definition) is 1. The molecule has 3 nitrogen and oxygen atoms in total. The zero-order chi connectivity index (χ0) is 9.10. The molecule has 1 aliphatic rings. The summed E-state index contributed by atoms with van der Waals surface area (Å²) in [4.78, 5) is 4.24. The molecule has 64 valence electrons. The minimum atomic E-state index is 0.0766. The number of rotatable bonds is 1. The fourth-order valence-electron chi connectivity index (χ4n) is 1.32. The smallest absolute Gasteiger partial charge is 0.125 e. The molecule has 1 N–H and O–H groups in total. The summed E-state index contributed by atoms with van der Waals surface area (Å²) >= 11 is 0. The summed E-state index contributed by atoms with van der Waals surface area (Å²) in [5.74, 6) is 0. The highest BCUT2D eigenvalue weighted by Crippen LogP contribution is 2.16. The largest absolute Gasteiger partial charge is 0.287 e. The maximum atomic E-state index is 8.60. The first kappa shape index (κ1) is 7.96. The van der Waals surface area contributed by atoms with E-state index < -0.39 is 0 Å². The number of nitrogens with one attached hydrogen (secondary N) is 1. The van der Waals surface area contributed by atoms with E-state index in [1.54, 1.807) is 0 Å². The summed E-state index contributed by atoms with van der Waals surface area (Å²) in [5.41, 5.74) is 1.79. The fourth-order valence-corrected chi connectivity index (χ4v) is 1.32. The van der Waals surface area contributed by atoms with Gasteiger partial charge in [0.2, 0.25) is 0 Å². The van der Waals surface area contributed by atoms with Crippen LogP contribution in [-0.4, -0.2) is 12.8 Å². The van der Waals surface area contributed by atoms with Gasteiger partial charge >= 0.3 is 0 Å². The molecule has 0 aliphatic carbocycles. The molecule has 13 heavy (non-hydrogen) atoms. The van der Waals surface area contributed by atoms with Crippen LogP contribution in [-0.2, 0) is 0 Å². The van der Waals surface area contributed by atoms with Crippen LogP contribution in [0.4, 0.5) is 0 Å². The Hall–Kier alpha value is -1.66. The molecule has 0 saturated carbocycles. The Morgan fingerprint density at radius 2 is 2.15 bits per heavy atom. The van der Waals surface area contributed by atoms with Crippen molar-refractivity contribution in [1.82, 2.24) is 5.32 Å². The SMILES string of the molecule is N#Cc1ccc(C2N=CCN2)cc1. The first-order valence-electron chi connectivity index (χ1n) is 4.15. The molecule has 1 atom stereocenters. The van der Waals surface area contributed by atoms with Gasteiger partial charge in [0.05, 0.1) is 11.6 Å². The lowest BCUT2D eigenvalue weighted by Crippen LogP contribution is -2.14. The Bertz CT molecular complexity index is 359. The van der Waals surface area contributed by atoms with Crippen molar-refractivity contribution >= 4 is 6.21 Å². The lowest BCUT2D eigenvalue weighted by Gasteiger charge is -2.07. The first-order valence-corrected chi connectivity index (χ1v) is 4.15. The van der Waals surface area contributed by atoms with Crippen LogP contribution in [0, 0.1) is 11.3 Å². The maximum Gasteiger partial charge on any atom is 0.125 e. The van der Waals surface area contributed by atoms with Gasteiger partial charge in [-0.3, -0.25) is 10.3 Å². The predicted octanol–water partition coefficient (Wildman–Crippen LogP) is 1.23. The van der Waals surface area contributed by atoms with Crippen molar-refractivity contribution < 1.29 is 0 Å². The zero-order valence-electron chi connectivity index (χ0n) is 7.07. The van der Waals surface area contributed by atoms with Gasteiger partial charge < -0.3 is 0 Å². The first-order chi connectivity index (χ1) is 6.40. The second kappa shape index (κ2) is 3.38. The third-order valence-electron chi connectivity index (χ3n) is 2.01. The molecule has 3 heteroatoms. The van der Waals surface area contributed by atoms with E-state index in [0.717, 1.165) is 12.1 Å². The molecule has 0 radical (unpaired) electrons. The van der Waals surface area contributed by atoms with Crippen molar-refractivity contribution in [2.45, 2.75) is 6.17 Å². The third-order valence-corrected chi connectivity index (χ3v) is 2.01. The van der Waals surface area contributed by atoms with Gasteiger partial charge in [0, 0.05) is 12.8 Å². The average molecular weight is 171 g/mol. The molecule has 0 fully saturated rings. The van der Waals surface area contributed by atoms with Crippen molar-refractivity contribution in [2.75, 3.05) is 6.54 Å². The number of nitrogens with zero attached hydrogens (tertiary/aromatic N) is 2. The van der Waals surface area contributed by atoms with Crippen LogP contribution in [0.1, 0.15) is 17.3 Å². The van der Waals surface area contributed by atoms with Crippen LogP contribution in [0.15, 0.2) is 29.3 Å². The number of benzene rings is 1. The minimum Gasteiger partial charge on any atom is -0.287 e.